The van der Waals surface area contributed by atoms with Gasteiger partial charge in [-0.2, -0.15) is 0 Å². The molecular weight excluding hydrogens is 329 g/mol. The van der Waals surface area contributed by atoms with Crippen LogP contribution in [0, 0.1) is 0 Å². The zero-order valence-corrected chi connectivity index (χ0v) is 13.3. The summed E-state index contributed by atoms with van der Waals surface area (Å²) in [6, 6.07) is 11.1. The van der Waals surface area contributed by atoms with Gasteiger partial charge in [0.15, 0.2) is 0 Å². The number of amides is 1. The molecule has 0 aromatic heterocycles. The van der Waals surface area contributed by atoms with Crippen molar-refractivity contribution in [1.82, 2.24) is 5.32 Å². The van der Waals surface area contributed by atoms with E-state index in [2.05, 4.69) is 5.32 Å². The largest absolute Gasteiger partial charge is 0.352 e. The van der Waals surface area contributed by atoms with Crippen LogP contribution in [-0.4, -0.2) is 12.5 Å². The second kappa shape index (κ2) is 5.88. The Morgan fingerprint density at radius 1 is 1.14 bits per heavy atom. The predicted octanol–water partition coefficient (Wildman–Crippen LogP) is 4.61. The number of carbonyl (C=O) groups excluding carboxylic acids is 1. The molecule has 0 fully saturated rings. The minimum atomic E-state index is -0.448. The van der Waals surface area contributed by atoms with E-state index in [4.69, 9.17) is 34.8 Å². The highest BCUT2D eigenvalue weighted by molar-refractivity contribution is 6.43. The lowest BCUT2D eigenvalue weighted by atomic mass is 9.95. The maximum absolute atomic E-state index is 11.9. The highest BCUT2D eigenvalue weighted by Crippen LogP contribution is 2.37. The van der Waals surface area contributed by atoms with Crippen molar-refractivity contribution in [3.8, 4) is 0 Å². The third kappa shape index (κ3) is 2.76. The van der Waals surface area contributed by atoms with E-state index in [1.165, 1.54) is 0 Å². The molecule has 0 radical (unpaired) electrons. The second-order valence-electron chi connectivity index (χ2n) is 4.93. The van der Waals surface area contributed by atoms with E-state index < -0.39 is 5.38 Å². The molecule has 5 heteroatoms. The van der Waals surface area contributed by atoms with Crippen LogP contribution in [0.25, 0.3) is 0 Å². The minimum absolute atomic E-state index is 0.0563. The Morgan fingerprint density at radius 3 is 2.76 bits per heavy atom. The van der Waals surface area contributed by atoms with E-state index in [0.29, 0.717) is 22.2 Å². The molecule has 2 aromatic rings. The van der Waals surface area contributed by atoms with Gasteiger partial charge in [0.1, 0.15) is 0 Å². The number of benzene rings is 2. The van der Waals surface area contributed by atoms with Crippen LogP contribution in [0.4, 0.5) is 0 Å². The van der Waals surface area contributed by atoms with Gasteiger partial charge in [0.2, 0.25) is 0 Å². The molecule has 1 N–H and O–H groups in total. The SMILES string of the molecule is O=C1NCCc2ccc(C(Cl)c3cccc(Cl)c3Cl)cc21. The summed E-state index contributed by atoms with van der Waals surface area (Å²) in [5.74, 6) is -0.0563. The summed E-state index contributed by atoms with van der Waals surface area (Å²) in [7, 11) is 0. The summed E-state index contributed by atoms with van der Waals surface area (Å²) in [6.07, 6.45) is 0.840. The third-order valence-electron chi connectivity index (χ3n) is 3.61. The van der Waals surface area contributed by atoms with E-state index >= 15 is 0 Å². The molecule has 2 aromatic carbocycles. The summed E-state index contributed by atoms with van der Waals surface area (Å²) in [4.78, 5) is 11.9. The Kier molecular flexibility index (Phi) is 4.12. The lowest BCUT2D eigenvalue weighted by molar-refractivity contribution is 0.0946. The van der Waals surface area contributed by atoms with Crippen LogP contribution in [0.3, 0.4) is 0 Å². The van der Waals surface area contributed by atoms with Gasteiger partial charge in [-0.25, -0.2) is 0 Å². The standard InChI is InChI=1S/C16H12Cl3NO/c17-13-3-1-2-11(15(13)19)14(18)10-5-4-9-6-7-20-16(21)12(9)8-10/h1-5,8,14H,6-7H2,(H,20,21). The molecule has 1 amide bonds. The Balaban J connectivity index is 2.02. The van der Waals surface area contributed by atoms with Crippen molar-refractivity contribution < 1.29 is 4.79 Å². The smallest absolute Gasteiger partial charge is 0.251 e. The van der Waals surface area contributed by atoms with Crippen molar-refractivity contribution in [2.45, 2.75) is 11.8 Å². The third-order valence-corrected chi connectivity index (χ3v) is 4.93. The highest BCUT2D eigenvalue weighted by atomic mass is 35.5. The maximum atomic E-state index is 11.9. The first-order valence-electron chi connectivity index (χ1n) is 6.57. The van der Waals surface area contributed by atoms with Crippen molar-refractivity contribution >= 4 is 40.7 Å². The molecule has 1 atom stereocenters. The molecule has 1 aliphatic heterocycles. The molecule has 21 heavy (non-hydrogen) atoms. The van der Waals surface area contributed by atoms with E-state index in [1.807, 2.05) is 30.3 Å². The van der Waals surface area contributed by atoms with Crippen molar-refractivity contribution in [3.05, 3.63) is 68.7 Å². The first kappa shape index (κ1) is 14.7. The average molecular weight is 341 g/mol. The molecule has 3 rings (SSSR count). The molecule has 0 aliphatic carbocycles. The van der Waals surface area contributed by atoms with Crippen molar-refractivity contribution in [3.63, 3.8) is 0 Å². The van der Waals surface area contributed by atoms with Gasteiger partial charge in [-0.05, 0) is 35.2 Å². The molecule has 2 nitrogen and oxygen atoms in total. The van der Waals surface area contributed by atoms with E-state index in [1.54, 1.807) is 6.07 Å². The monoisotopic (exact) mass is 339 g/mol. The van der Waals surface area contributed by atoms with Crippen LogP contribution in [0.15, 0.2) is 36.4 Å². The number of hydrogen-bond acceptors (Lipinski definition) is 1. The first-order chi connectivity index (χ1) is 10.1. The van der Waals surface area contributed by atoms with Crippen molar-refractivity contribution in [2.24, 2.45) is 0 Å². The van der Waals surface area contributed by atoms with Crippen LogP contribution in [0.1, 0.15) is 32.4 Å². The van der Waals surface area contributed by atoms with Crippen LogP contribution in [0.2, 0.25) is 10.0 Å². The highest BCUT2D eigenvalue weighted by Gasteiger charge is 2.21. The lowest BCUT2D eigenvalue weighted by Crippen LogP contribution is -2.31. The average Bonchev–Trinajstić information content (AvgIpc) is 2.49. The normalized spacial score (nSPS) is 15.3. The fourth-order valence-electron chi connectivity index (χ4n) is 2.48. The van der Waals surface area contributed by atoms with Gasteiger partial charge in [-0.15, -0.1) is 11.6 Å². The van der Waals surface area contributed by atoms with Crippen LogP contribution in [0.5, 0.6) is 0 Å². The molecule has 0 saturated carbocycles. The molecule has 0 bridgehead atoms. The van der Waals surface area contributed by atoms with E-state index in [9.17, 15) is 4.79 Å². The maximum Gasteiger partial charge on any atom is 0.251 e. The molecule has 108 valence electrons. The van der Waals surface area contributed by atoms with Crippen LogP contribution < -0.4 is 5.32 Å². The molecule has 0 saturated heterocycles. The predicted molar refractivity (Wildman–Crippen MR) is 86.6 cm³/mol. The van der Waals surface area contributed by atoms with Crippen LogP contribution >= 0.6 is 34.8 Å². The Morgan fingerprint density at radius 2 is 1.95 bits per heavy atom. The summed E-state index contributed by atoms with van der Waals surface area (Å²) in [5, 5.41) is 3.30. The number of nitrogens with one attached hydrogen (secondary N) is 1. The van der Waals surface area contributed by atoms with Gasteiger partial charge >= 0.3 is 0 Å². The fourth-order valence-corrected chi connectivity index (χ4v) is 3.27. The van der Waals surface area contributed by atoms with Crippen molar-refractivity contribution in [2.75, 3.05) is 6.54 Å². The minimum Gasteiger partial charge on any atom is -0.352 e. The lowest BCUT2D eigenvalue weighted by Gasteiger charge is -2.19. The van der Waals surface area contributed by atoms with Gasteiger partial charge in [0.05, 0.1) is 15.4 Å². The summed E-state index contributed by atoms with van der Waals surface area (Å²) >= 11 is 18.8. The van der Waals surface area contributed by atoms with Gasteiger partial charge in [0, 0.05) is 12.1 Å². The number of fused-ring (bicyclic) bond motifs is 1. The number of alkyl halides is 1. The first-order valence-corrected chi connectivity index (χ1v) is 7.76. The quantitative estimate of drug-likeness (QED) is 0.795. The number of halogens is 3. The fraction of sp³-hybridized carbons (Fsp3) is 0.188. The van der Waals surface area contributed by atoms with E-state index in [0.717, 1.165) is 23.1 Å². The summed E-state index contributed by atoms with van der Waals surface area (Å²) in [6.45, 7) is 0.676. The summed E-state index contributed by atoms with van der Waals surface area (Å²) < 4.78 is 0. The van der Waals surface area contributed by atoms with Crippen molar-refractivity contribution in [1.29, 1.82) is 0 Å². The molecule has 1 aliphatic rings. The number of rotatable bonds is 2. The van der Waals surface area contributed by atoms with Gasteiger partial charge in [-0.3, -0.25) is 4.79 Å². The number of carbonyl (C=O) groups is 1. The Hall–Kier alpha value is -1.22. The summed E-state index contributed by atoms with van der Waals surface area (Å²) in [5.41, 5.74) is 3.30. The Labute approximate surface area is 138 Å². The van der Waals surface area contributed by atoms with Gasteiger partial charge < -0.3 is 5.32 Å². The molecule has 1 heterocycles. The molecular formula is C16H12Cl3NO. The zero-order valence-electron chi connectivity index (χ0n) is 11.0. The topological polar surface area (TPSA) is 29.1 Å². The second-order valence-corrected chi connectivity index (χ2v) is 6.15. The molecule has 1 unspecified atom stereocenters. The molecule has 0 spiro atoms. The van der Waals surface area contributed by atoms with Crippen LogP contribution in [-0.2, 0) is 6.42 Å². The van der Waals surface area contributed by atoms with Gasteiger partial charge in [0.25, 0.3) is 5.91 Å². The van der Waals surface area contributed by atoms with Gasteiger partial charge in [-0.1, -0.05) is 47.5 Å². The van der Waals surface area contributed by atoms with E-state index in [-0.39, 0.29) is 5.91 Å². The Bertz CT molecular complexity index is 715. The zero-order chi connectivity index (χ0) is 15.0. The number of hydrogen-bond donors (Lipinski definition) is 1.